The molecule has 0 spiro atoms. The minimum absolute atomic E-state index is 0. The van der Waals surface area contributed by atoms with E-state index in [2.05, 4.69) is 26.6 Å². The first kappa shape index (κ1) is 26.7. The van der Waals surface area contributed by atoms with E-state index >= 15 is 0 Å². The Hall–Kier alpha value is -1.35. The van der Waals surface area contributed by atoms with Crippen molar-refractivity contribution in [2.45, 2.75) is 44.9 Å². The number of amides is 1. The van der Waals surface area contributed by atoms with E-state index in [9.17, 15) is 4.79 Å². The smallest absolute Gasteiger partial charge is 0.253 e. The largest absolute Gasteiger partial charge is 0.356 e. The minimum atomic E-state index is 0. The minimum Gasteiger partial charge on any atom is -0.356 e. The van der Waals surface area contributed by atoms with Crippen LogP contribution in [-0.4, -0.2) is 75.5 Å². The van der Waals surface area contributed by atoms with Crippen LogP contribution in [0.3, 0.4) is 0 Å². The van der Waals surface area contributed by atoms with Gasteiger partial charge in [-0.1, -0.05) is 25.0 Å². The third-order valence-corrected chi connectivity index (χ3v) is 5.40. The van der Waals surface area contributed by atoms with Crippen LogP contribution in [0.15, 0.2) is 29.3 Å². The molecule has 1 aromatic rings. The van der Waals surface area contributed by atoms with E-state index in [1.54, 1.807) is 19.0 Å². The van der Waals surface area contributed by atoms with Gasteiger partial charge in [-0.3, -0.25) is 9.79 Å². The van der Waals surface area contributed by atoms with Crippen LogP contribution in [0.5, 0.6) is 0 Å². The standard InChI is InChI=1S/C23H39N5O.HI/c1-24-23(25-14-6-4-7-16-28-17-8-5-9-18-28)26-15-13-20-11-10-12-21(19-20)22(29)27(2)3;/h10-12,19H,4-9,13-18H2,1-3H3,(H2,24,25,26);1H. The van der Waals surface area contributed by atoms with Crippen molar-refractivity contribution in [1.29, 1.82) is 0 Å². The van der Waals surface area contributed by atoms with E-state index in [4.69, 9.17) is 0 Å². The summed E-state index contributed by atoms with van der Waals surface area (Å²) >= 11 is 0. The predicted octanol–water partition coefficient (Wildman–Crippen LogP) is 3.37. The molecule has 2 rings (SSSR count). The van der Waals surface area contributed by atoms with Crippen molar-refractivity contribution < 1.29 is 4.79 Å². The van der Waals surface area contributed by atoms with Crippen LogP contribution in [0.4, 0.5) is 0 Å². The molecule has 0 aromatic heterocycles. The highest BCUT2D eigenvalue weighted by Crippen LogP contribution is 2.10. The summed E-state index contributed by atoms with van der Waals surface area (Å²) < 4.78 is 0. The molecule has 0 bridgehead atoms. The second-order valence-corrected chi connectivity index (χ2v) is 8.04. The number of halogens is 1. The van der Waals surface area contributed by atoms with Crippen LogP contribution in [0, 0.1) is 0 Å². The molecule has 1 fully saturated rings. The molecule has 1 amide bonds. The number of likely N-dealkylation sites (tertiary alicyclic amines) is 1. The molecule has 1 heterocycles. The molecule has 7 heteroatoms. The van der Waals surface area contributed by atoms with Gasteiger partial charge in [0.25, 0.3) is 5.91 Å². The molecule has 30 heavy (non-hydrogen) atoms. The van der Waals surface area contributed by atoms with Crippen molar-refractivity contribution in [3.63, 3.8) is 0 Å². The Morgan fingerprint density at radius 3 is 2.50 bits per heavy atom. The number of guanidine groups is 1. The molecule has 1 aliphatic rings. The van der Waals surface area contributed by atoms with Crippen molar-refractivity contribution in [2.24, 2.45) is 4.99 Å². The first-order chi connectivity index (χ1) is 14.1. The lowest BCUT2D eigenvalue weighted by Gasteiger charge is -2.26. The SMILES string of the molecule is CN=C(NCCCCCN1CCCCC1)NCCc1cccc(C(=O)N(C)C)c1.I. The number of nitrogens with zero attached hydrogens (tertiary/aromatic N) is 3. The highest BCUT2D eigenvalue weighted by Gasteiger charge is 2.09. The van der Waals surface area contributed by atoms with Gasteiger partial charge in [0.2, 0.25) is 0 Å². The van der Waals surface area contributed by atoms with Crippen LogP contribution >= 0.6 is 24.0 Å². The maximum Gasteiger partial charge on any atom is 0.253 e. The van der Waals surface area contributed by atoms with Crippen molar-refractivity contribution in [1.82, 2.24) is 20.4 Å². The summed E-state index contributed by atoms with van der Waals surface area (Å²) in [6.07, 6.45) is 8.73. The Bertz CT molecular complexity index is 644. The number of carbonyl (C=O) groups excluding carboxylic acids is 1. The molecule has 0 atom stereocenters. The summed E-state index contributed by atoms with van der Waals surface area (Å²) in [5.74, 6) is 0.888. The fourth-order valence-corrected chi connectivity index (χ4v) is 3.69. The molecule has 1 aliphatic heterocycles. The van der Waals surface area contributed by atoms with Crippen LogP contribution < -0.4 is 10.6 Å². The van der Waals surface area contributed by atoms with Crippen molar-refractivity contribution in [2.75, 3.05) is 53.9 Å². The van der Waals surface area contributed by atoms with Gasteiger partial charge in [0.05, 0.1) is 0 Å². The fraction of sp³-hybridized carbons (Fsp3) is 0.652. The molecule has 0 radical (unpaired) electrons. The second kappa shape index (κ2) is 15.5. The van der Waals surface area contributed by atoms with E-state index in [1.165, 1.54) is 58.2 Å². The van der Waals surface area contributed by atoms with Crippen LogP contribution in [-0.2, 0) is 6.42 Å². The Kier molecular flexibility index (Phi) is 13.7. The number of hydrogen-bond acceptors (Lipinski definition) is 3. The van der Waals surface area contributed by atoms with Gasteiger partial charge in [0.1, 0.15) is 0 Å². The molecule has 0 aliphatic carbocycles. The average molecular weight is 530 g/mol. The average Bonchev–Trinajstić information content (AvgIpc) is 2.75. The summed E-state index contributed by atoms with van der Waals surface area (Å²) in [4.78, 5) is 20.6. The number of piperidine rings is 1. The Morgan fingerprint density at radius 2 is 1.80 bits per heavy atom. The molecular weight excluding hydrogens is 489 g/mol. The maximum atomic E-state index is 12.1. The van der Waals surface area contributed by atoms with Gasteiger partial charge in [-0.2, -0.15) is 0 Å². The lowest BCUT2D eigenvalue weighted by atomic mass is 10.1. The number of rotatable bonds is 10. The number of carbonyl (C=O) groups is 1. The maximum absolute atomic E-state index is 12.1. The zero-order valence-electron chi connectivity index (χ0n) is 19.0. The van der Waals surface area contributed by atoms with Crippen molar-refractivity contribution in [3.8, 4) is 0 Å². The van der Waals surface area contributed by atoms with Crippen molar-refractivity contribution in [3.05, 3.63) is 35.4 Å². The van der Waals surface area contributed by atoms with Crippen LogP contribution in [0.2, 0.25) is 0 Å². The molecule has 170 valence electrons. The summed E-state index contributed by atoms with van der Waals surface area (Å²) in [6.45, 7) is 5.57. The lowest BCUT2D eigenvalue weighted by molar-refractivity contribution is 0.0827. The van der Waals surface area contributed by atoms with Gasteiger partial charge < -0.3 is 20.4 Å². The van der Waals surface area contributed by atoms with Crippen LogP contribution in [0.1, 0.15) is 54.4 Å². The zero-order chi connectivity index (χ0) is 20.9. The summed E-state index contributed by atoms with van der Waals surface area (Å²) in [6, 6.07) is 7.85. The van der Waals surface area contributed by atoms with Crippen LogP contribution in [0.25, 0.3) is 0 Å². The molecule has 6 nitrogen and oxygen atoms in total. The van der Waals surface area contributed by atoms with Gasteiger partial charge in [0, 0.05) is 39.8 Å². The Labute approximate surface area is 199 Å². The summed E-state index contributed by atoms with van der Waals surface area (Å²) in [7, 11) is 5.36. The van der Waals surface area contributed by atoms with E-state index in [-0.39, 0.29) is 29.9 Å². The first-order valence-corrected chi connectivity index (χ1v) is 11.1. The predicted molar refractivity (Wildman–Crippen MR) is 137 cm³/mol. The Balaban J connectivity index is 0.00000450. The molecule has 0 saturated carbocycles. The second-order valence-electron chi connectivity index (χ2n) is 8.04. The molecule has 1 aromatic carbocycles. The number of unbranched alkanes of at least 4 members (excludes halogenated alkanes) is 2. The Morgan fingerprint density at radius 1 is 1.07 bits per heavy atom. The molecular formula is C23H40IN5O. The first-order valence-electron chi connectivity index (χ1n) is 11.1. The highest BCUT2D eigenvalue weighted by atomic mass is 127. The van der Waals surface area contributed by atoms with E-state index < -0.39 is 0 Å². The molecule has 1 saturated heterocycles. The monoisotopic (exact) mass is 529 g/mol. The van der Waals surface area contributed by atoms with E-state index in [0.29, 0.717) is 0 Å². The van der Waals surface area contributed by atoms with E-state index in [0.717, 1.165) is 36.6 Å². The third-order valence-electron chi connectivity index (χ3n) is 5.40. The number of benzene rings is 1. The van der Waals surface area contributed by atoms with Gasteiger partial charge in [-0.15, -0.1) is 24.0 Å². The van der Waals surface area contributed by atoms with Gasteiger partial charge >= 0.3 is 0 Å². The normalized spacial score (nSPS) is 14.7. The van der Waals surface area contributed by atoms with Gasteiger partial charge in [-0.05, 0) is 69.4 Å². The van der Waals surface area contributed by atoms with E-state index in [1.807, 2.05) is 25.2 Å². The number of nitrogens with one attached hydrogen (secondary N) is 2. The van der Waals surface area contributed by atoms with Gasteiger partial charge in [-0.25, -0.2) is 0 Å². The number of aliphatic imine (C=N–C) groups is 1. The quantitative estimate of drug-likeness (QED) is 0.211. The third kappa shape index (κ3) is 10.1. The number of hydrogen-bond donors (Lipinski definition) is 2. The van der Waals surface area contributed by atoms with Crippen molar-refractivity contribution >= 4 is 35.8 Å². The highest BCUT2D eigenvalue weighted by molar-refractivity contribution is 14.0. The summed E-state index contributed by atoms with van der Waals surface area (Å²) in [5.41, 5.74) is 1.89. The molecule has 0 unspecified atom stereocenters. The lowest BCUT2D eigenvalue weighted by Crippen LogP contribution is -2.38. The zero-order valence-corrected chi connectivity index (χ0v) is 21.3. The molecule has 2 N–H and O–H groups in total. The topological polar surface area (TPSA) is 60.0 Å². The van der Waals surface area contributed by atoms with Gasteiger partial charge in [0.15, 0.2) is 5.96 Å². The fourth-order valence-electron chi connectivity index (χ4n) is 3.69. The summed E-state index contributed by atoms with van der Waals surface area (Å²) in [5, 5.41) is 6.77.